The van der Waals surface area contributed by atoms with Crippen LogP contribution >= 0.6 is 24.2 Å². The molecule has 1 aromatic heterocycles. The van der Waals surface area contributed by atoms with Crippen molar-refractivity contribution in [3.05, 3.63) is 11.7 Å². The van der Waals surface area contributed by atoms with Crippen molar-refractivity contribution in [1.82, 2.24) is 25.3 Å². The van der Waals surface area contributed by atoms with Gasteiger partial charge in [0.1, 0.15) is 6.04 Å². The summed E-state index contributed by atoms with van der Waals surface area (Å²) in [5.74, 6) is 2.95. The Hall–Kier alpha value is -0.830. The van der Waals surface area contributed by atoms with Gasteiger partial charge in [-0.1, -0.05) is 25.9 Å². The van der Waals surface area contributed by atoms with Crippen LogP contribution in [0, 0.1) is 5.41 Å². The van der Waals surface area contributed by atoms with Crippen LogP contribution in [0.4, 0.5) is 0 Å². The van der Waals surface area contributed by atoms with Crippen LogP contribution in [0.5, 0.6) is 0 Å². The molecule has 3 heterocycles. The van der Waals surface area contributed by atoms with E-state index >= 15 is 0 Å². The maximum absolute atomic E-state index is 12.6. The number of thioether (sulfide) groups is 1. The van der Waals surface area contributed by atoms with Crippen molar-refractivity contribution in [2.45, 2.75) is 39.3 Å². The average molecular weight is 390 g/mol. The molecular formula is C16H28ClN5O2S. The molecule has 0 aliphatic carbocycles. The lowest BCUT2D eigenvalue weighted by atomic mass is 9.91. The molecule has 0 saturated carbocycles. The number of likely N-dealkylation sites (N-methyl/N-ethyl adjacent to an activating group) is 1. The molecule has 142 valence electrons. The molecular weight excluding hydrogens is 362 g/mol. The standard InChI is InChI=1S/C16H27N5O2S.ClH/c1-16(2,3)7-13(22)21-10-24-9-12(21)15-18-14(19-23-15)11-8-17-5-6-20(11)4;/h11-12,17H,5-10H2,1-4H3;1H. The van der Waals surface area contributed by atoms with E-state index in [2.05, 4.69) is 48.2 Å². The van der Waals surface area contributed by atoms with Gasteiger partial charge in [0.25, 0.3) is 0 Å². The van der Waals surface area contributed by atoms with E-state index in [0.29, 0.717) is 24.0 Å². The molecule has 2 saturated heterocycles. The van der Waals surface area contributed by atoms with Gasteiger partial charge in [-0.15, -0.1) is 24.2 Å². The minimum absolute atomic E-state index is 0. The van der Waals surface area contributed by atoms with Crippen molar-refractivity contribution in [2.75, 3.05) is 38.3 Å². The van der Waals surface area contributed by atoms with E-state index in [0.717, 1.165) is 25.4 Å². The third kappa shape index (κ3) is 4.87. The Labute approximate surface area is 159 Å². The summed E-state index contributed by atoms with van der Waals surface area (Å²) in [6.07, 6.45) is 0.528. The van der Waals surface area contributed by atoms with E-state index in [9.17, 15) is 4.79 Å². The lowest BCUT2D eigenvalue weighted by molar-refractivity contribution is -0.134. The van der Waals surface area contributed by atoms with Crippen LogP contribution in [0.25, 0.3) is 0 Å². The SMILES string of the molecule is CN1CCNCC1c1noc(C2CSCN2C(=O)CC(C)(C)C)n1.Cl. The molecule has 2 aliphatic rings. The third-order valence-corrected chi connectivity index (χ3v) is 5.45. The first-order valence-electron chi connectivity index (χ1n) is 8.47. The summed E-state index contributed by atoms with van der Waals surface area (Å²) >= 11 is 1.74. The summed E-state index contributed by atoms with van der Waals surface area (Å²) in [6.45, 7) is 9.01. The molecule has 0 aromatic carbocycles. The summed E-state index contributed by atoms with van der Waals surface area (Å²) in [7, 11) is 2.08. The highest BCUT2D eigenvalue weighted by Gasteiger charge is 2.36. The fraction of sp³-hybridized carbons (Fsp3) is 0.812. The van der Waals surface area contributed by atoms with Crippen LogP contribution in [-0.4, -0.2) is 64.2 Å². The summed E-state index contributed by atoms with van der Waals surface area (Å²) in [6, 6.07) is 0.0250. The Balaban J connectivity index is 0.00000225. The number of halogens is 1. The molecule has 3 rings (SSSR count). The fourth-order valence-electron chi connectivity index (χ4n) is 3.06. The summed E-state index contributed by atoms with van der Waals surface area (Å²) in [5, 5.41) is 7.55. The largest absolute Gasteiger partial charge is 0.337 e. The number of carbonyl (C=O) groups is 1. The van der Waals surface area contributed by atoms with E-state index in [1.54, 1.807) is 11.8 Å². The molecule has 0 spiro atoms. The van der Waals surface area contributed by atoms with E-state index in [1.165, 1.54) is 0 Å². The molecule has 25 heavy (non-hydrogen) atoms. The second-order valence-corrected chi connectivity index (χ2v) is 8.81. The minimum atomic E-state index is -0.104. The highest BCUT2D eigenvalue weighted by molar-refractivity contribution is 7.99. The molecule has 7 nitrogen and oxygen atoms in total. The van der Waals surface area contributed by atoms with Crippen LogP contribution in [0.15, 0.2) is 4.52 Å². The monoisotopic (exact) mass is 389 g/mol. The topological polar surface area (TPSA) is 74.5 Å². The van der Waals surface area contributed by atoms with Crippen molar-refractivity contribution in [3.8, 4) is 0 Å². The maximum atomic E-state index is 12.6. The smallest absolute Gasteiger partial charge is 0.250 e. The first-order valence-corrected chi connectivity index (χ1v) is 9.62. The molecule has 9 heteroatoms. The number of rotatable bonds is 3. The van der Waals surface area contributed by atoms with Crippen molar-refractivity contribution >= 4 is 30.1 Å². The van der Waals surface area contributed by atoms with E-state index in [-0.39, 0.29) is 35.8 Å². The molecule has 0 radical (unpaired) electrons. The Morgan fingerprint density at radius 3 is 2.84 bits per heavy atom. The summed E-state index contributed by atoms with van der Waals surface area (Å²) < 4.78 is 5.54. The molecule has 2 unspecified atom stereocenters. The van der Waals surface area contributed by atoms with Gasteiger partial charge < -0.3 is 14.7 Å². The van der Waals surface area contributed by atoms with Crippen molar-refractivity contribution in [1.29, 1.82) is 0 Å². The van der Waals surface area contributed by atoms with Crippen molar-refractivity contribution in [2.24, 2.45) is 5.41 Å². The third-order valence-electron chi connectivity index (χ3n) is 4.44. The van der Waals surface area contributed by atoms with Gasteiger partial charge in [0.2, 0.25) is 11.8 Å². The number of carbonyl (C=O) groups excluding carboxylic acids is 1. The number of nitrogens with zero attached hydrogens (tertiary/aromatic N) is 4. The molecule has 0 bridgehead atoms. The normalized spacial score (nSPS) is 25.0. The molecule has 2 fully saturated rings. The van der Waals surface area contributed by atoms with Gasteiger partial charge in [0.15, 0.2) is 5.82 Å². The first kappa shape index (κ1) is 20.5. The fourth-order valence-corrected chi connectivity index (χ4v) is 4.23. The molecule has 1 N–H and O–H groups in total. The van der Waals surface area contributed by atoms with E-state index in [1.807, 2.05) is 4.90 Å². The Morgan fingerprint density at radius 1 is 1.40 bits per heavy atom. The highest BCUT2D eigenvalue weighted by Crippen LogP contribution is 2.35. The maximum Gasteiger partial charge on any atom is 0.250 e. The van der Waals surface area contributed by atoms with Crippen molar-refractivity contribution in [3.63, 3.8) is 0 Å². The second-order valence-electron chi connectivity index (χ2n) is 7.81. The van der Waals surface area contributed by atoms with Crippen LogP contribution in [0.1, 0.15) is 51.0 Å². The number of hydrogen-bond donors (Lipinski definition) is 1. The summed E-state index contributed by atoms with van der Waals surface area (Å²) in [5.41, 5.74) is -0.0224. The Bertz CT molecular complexity index is 591. The number of amides is 1. The van der Waals surface area contributed by atoms with Crippen LogP contribution in [-0.2, 0) is 4.79 Å². The lowest BCUT2D eigenvalue weighted by Gasteiger charge is -2.30. The molecule has 1 amide bonds. The van der Waals surface area contributed by atoms with E-state index < -0.39 is 0 Å². The summed E-state index contributed by atoms with van der Waals surface area (Å²) in [4.78, 5) is 21.4. The van der Waals surface area contributed by atoms with Crippen LogP contribution < -0.4 is 5.32 Å². The number of piperazine rings is 1. The number of hydrogen-bond acceptors (Lipinski definition) is 7. The second kappa shape index (κ2) is 8.24. The lowest BCUT2D eigenvalue weighted by Crippen LogP contribution is -2.44. The van der Waals surface area contributed by atoms with E-state index in [4.69, 9.17) is 4.52 Å². The van der Waals surface area contributed by atoms with Gasteiger partial charge in [0.05, 0.1) is 11.9 Å². The van der Waals surface area contributed by atoms with Gasteiger partial charge in [-0.3, -0.25) is 9.69 Å². The zero-order valence-electron chi connectivity index (χ0n) is 15.3. The van der Waals surface area contributed by atoms with Gasteiger partial charge in [0, 0.05) is 31.8 Å². The number of nitrogens with one attached hydrogen (secondary N) is 1. The van der Waals surface area contributed by atoms with Gasteiger partial charge in [-0.25, -0.2) is 0 Å². The predicted octanol–water partition coefficient (Wildman–Crippen LogP) is 2.08. The highest BCUT2D eigenvalue weighted by atomic mass is 35.5. The molecule has 2 aliphatic heterocycles. The Kier molecular flexibility index (Phi) is 6.75. The molecule has 2 atom stereocenters. The zero-order chi connectivity index (χ0) is 17.3. The van der Waals surface area contributed by atoms with Crippen molar-refractivity contribution < 1.29 is 9.32 Å². The average Bonchev–Trinajstić information content (AvgIpc) is 3.14. The zero-order valence-corrected chi connectivity index (χ0v) is 17.0. The van der Waals surface area contributed by atoms with Crippen LogP contribution in [0.3, 0.4) is 0 Å². The Morgan fingerprint density at radius 2 is 2.16 bits per heavy atom. The van der Waals surface area contributed by atoms with Gasteiger partial charge >= 0.3 is 0 Å². The first-order chi connectivity index (χ1) is 11.3. The molecule has 1 aromatic rings. The van der Waals surface area contributed by atoms with Crippen LogP contribution in [0.2, 0.25) is 0 Å². The minimum Gasteiger partial charge on any atom is -0.337 e. The van der Waals surface area contributed by atoms with Gasteiger partial charge in [-0.05, 0) is 12.5 Å². The predicted molar refractivity (Wildman–Crippen MR) is 101 cm³/mol. The van der Waals surface area contributed by atoms with Gasteiger partial charge in [-0.2, -0.15) is 4.98 Å². The quantitative estimate of drug-likeness (QED) is 0.848. The number of aromatic nitrogens is 2.